The fourth-order valence-electron chi connectivity index (χ4n) is 3.23. The Morgan fingerprint density at radius 3 is 2.70 bits per heavy atom. The molecule has 2 nitrogen and oxygen atoms in total. The van der Waals surface area contributed by atoms with Crippen LogP contribution in [0.3, 0.4) is 0 Å². The summed E-state index contributed by atoms with van der Waals surface area (Å²) in [5.74, 6) is 0. The monoisotopic (exact) mass is 339 g/mol. The van der Waals surface area contributed by atoms with Gasteiger partial charge in [0.15, 0.2) is 0 Å². The minimum absolute atomic E-state index is 0.356. The third-order valence-electron chi connectivity index (χ3n) is 4.97. The Balaban J connectivity index is 1.84. The van der Waals surface area contributed by atoms with Crippen LogP contribution in [0.1, 0.15) is 51.2 Å². The van der Waals surface area contributed by atoms with Crippen molar-refractivity contribution in [3.8, 4) is 0 Å². The summed E-state index contributed by atoms with van der Waals surface area (Å²) in [6.45, 7) is 8.00. The number of nitrogens with zero attached hydrogens (tertiary/aromatic N) is 1. The van der Waals surface area contributed by atoms with Crippen molar-refractivity contribution < 1.29 is 5.11 Å². The van der Waals surface area contributed by atoms with Gasteiger partial charge in [0.1, 0.15) is 0 Å². The maximum Gasteiger partial charge on any atom is 0.0802 e. The zero-order valence-electron chi connectivity index (χ0n) is 12.6. The second-order valence-corrected chi connectivity index (χ2v) is 7.01. The first-order valence-electron chi connectivity index (χ1n) is 7.74. The predicted molar refractivity (Wildman–Crippen MR) is 87.8 cm³/mol. The lowest BCUT2D eigenvalue weighted by molar-refractivity contribution is 0.143. The molecule has 1 saturated heterocycles. The van der Waals surface area contributed by atoms with Gasteiger partial charge in [0.2, 0.25) is 0 Å². The van der Waals surface area contributed by atoms with Gasteiger partial charge in [-0.2, -0.15) is 0 Å². The summed E-state index contributed by atoms with van der Waals surface area (Å²) in [7, 11) is 0. The number of halogens is 1. The molecule has 0 bridgehead atoms. The second-order valence-electron chi connectivity index (χ2n) is 6.09. The van der Waals surface area contributed by atoms with Crippen molar-refractivity contribution in [2.75, 3.05) is 19.6 Å². The van der Waals surface area contributed by atoms with E-state index < -0.39 is 0 Å². The summed E-state index contributed by atoms with van der Waals surface area (Å²) in [6, 6.07) is 7.99. The van der Waals surface area contributed by atoms with Gasteiger partial charge >= 0.3 is 0 Å². The van der Waals surface area contributed by atoms with Crippen LogP contribution < -0.4 is 0 Å². The normalized spacial score (nSPS) is 20.2. The van der Waals surface area contributed by atoms with Crippen molar-refractivity contribution >= 4 is 15.9 Å². The quantitative estimate of drug-likeness (QED) is 0.830. The zero-order valence-corrected chi connectivity index (χ0v) is 14.2. The largest absolute Gasteiger partial charge is 0.388 e. The van der Waals surface area contributed by atoms with Gasteiger partial charge in [-0.3, -0.25) is 0 Å². The molecule has 0 saturated carbocycles. The highest BCUT2D eigenvalue weighted by molar-refractivity contribution is 9.10. The van der Waals surface area contributed by atoms with E-state index in [0.29, 0.717) is 5.41 Å². The smallest absolute Gasteiger partial charge is 0.0802 e. The third kappa shape index (κ3) is 3.84. The van der Waals surface area contributed by atoms with Crippen LogP contribution in [-0.2, 0) is 0 Å². The van der Waals surface area contributed by atoms with E-state index in [4.69, 9.17) is 0 Å². The highest BCUT2D eigenvalue weighted by atomic mass is 79.9. The highest BCUT2D eigenvalue weighted by Gasteiger charge is 2.34. The minimum atomic E-state index is -0.356. The standard InChI is InChI=1S/C17H26BrNO/c1-3-17(4-2)9-11-19(13-17)10-8-16(20)14-6-5-7-15(18)12-14/h5-7,12,16,20H,3-4,8-11,13H2,1-2H3. The molecule has 0 aliphatic carbocycles. The molecular weight excluding hydrogens is 314 g/mol. The Labute approximate surface area is 131 Å². The van der Waals surface area contributed by atoms with Crippen LogP contribution >= 0.6 is 15.9 Å². The Bertz CT molecular complexity index is 431. The summed E-state index contributed by atoms with van der Waals surface area (Å²) in [4.78, 5) is 2.52. The molecule has 1 aromatic rings. The molecule has 2 rings (SSSR count). The average Bonchev–Trinajstić information content (AvgIpc) is 2.89. The highest BCUT2D eigenvalue weighted by Crippen LogP contribution is 2.37. The zero-order chi connectivity index (χ0) is 14.6. The molecule has 1 heterocycles. The summed E-state index contributed by atoms with van der Waals surface area (Å²) < 4.78 is 1.03. The Morgan fingerprint density at radius 2 is 2.10 bits per heavy atom. The molecule has 1 aromatic carbocycles. The predicted octanol–water partition coefficient (Wildman–Crippen LogP) is 4.38. The molecular formula is C17H26BrNO. The van der Waals surface area contributed by atoms with Gasteiger partial charge in [-0.1, -0.05) is 41.9 Å². The Kier molecular flexibility index (Phi) is 5.65. The SMILES string of the molecule is CCC1(CC)CCN(CCC(O)c2cccc(Br)c2)C1. The summed E-state index contributed by atoms with van der Waals surface area (Å²) in [5.41, 5.74) is 1.54. The van der Waals surface area contributed by atoms with Gasteiger partial charge in [0.05, 0.1) is 6.10 Å². The maximum absolute atomic E-state index is 10.3. The third-order valence-corrected chi connectivity index (χ3v) is 5.46. The van der Waals surface area contributed by atoms with E-state index in [0.717, 1.165) is 23.0 Å². The van der Waals surface area contributed by atoms with Crippen LogP contribution in [0.4, 0.5) is 0 Å². The van der Waals surface area contributed by atoms with Crippen molar-refractivity contribution in [1.29, 1.82) is 0 Å². The Morgan fingerprint density at radius 1 is 1.35 bits per heavy atom. The first kappa shape index (κ1) is 16.0. The van der Waals surface area contributed by atoms with Gasteiger partial charge in [-0.25, -0.2) is 0 Å². The van der Waals surface area contributed by atoms with Crippen molar-refractivity contribution in [3.63, 3.8) is 0 Å². The van der Waals surface area contributed by atoms with Gasteiger partial charge in [0.25, 0.3) is 0 Å². The van der Waals surface area contributed by atoms with Gasteiger partial charge in [-0.05, 0) is 55.3 Å². The molecule has 0 amide bonds. The second kappa shape index (κ2) is 7.06. The first-order chi connectivity index (χ1) is 9.58. The molecule has 1 N–H and O–H groups in total. The van der Waals surface area contributed by atoms with E-state index in [9.17, 15) is 5.11 Å². The molecule has 0 spiro atoms. The van der Waals surface area contributed by atoms with Crippen LogP contribution in [0.5, 0.6) is 0 Å². The molecule has 112 valence electrons. The van der Waals surface area contributed by atoms with Crippen molar-refractivity contribution in [3.05, 3.63) is 34.3 Å². The van der Waals surface area contributed by atoms with E-state index in [-0.39, 0.29) is 6.10 Å². The fourth-order valence-corrected chi connectivity index (χ4v) is 3.65. The molecule has 1 aliphatic rings. The van der Waals surface area contributed by atoms with Crippen LogP contribution in [0, 0.1) is 5.41 Å². The molecule has 20 heavy (non-hydrogen) atoms. The van der Waals surface area contributed by atoms with Crippen molar-refractivity contribution in [2.45, 2.75) is 45.6 Å². The Hall–Kier alpha value is -0.380. The lowest BCUT2D eigenvalue weighted by Crippen LogP contribution is -2.28. The molecule has 1 atom stereocenters. The number of aliphatic hydroxyl groups excluding tert-OH is 1. The number of aliphatic hydroxyl groups is 1. The summed E-state index contributed by atoms with van der Waals surface area (Å²) in [5, 5.41) is 10.3. The number of hydrogen-bond donors (Lipinski definition) is 1. The minimum Gasteiger partial charge on any atom is -0.388 e. The molecule has 0 radical (unpaired) electrons. The van der Waals surface area contributed by atoms with Crippen LogP contribution in [-0.4, -0.2) is 29.6 Å². The van der Waals surface area contributed by atoms with Gasteiger partial charge in [-0.15, -0.1) is 0 Å². The number of rotatable bonds is 6. The summed E-state index contributed by atoms with van der Waals surface area (Å²) in [6.07, 6.45) is 4.32. The molecule has 1 fully saturated rings. The molecule has 1 unspecified atom stereocenters. The van der Waals surface area contributed by atoms with Crippen LogP contribution in [0.2, 0.25) is 0 Å². The summed E-state index contributed by atoms with van der Waals surface area (Å²) >= 11 is 3.46. The van der Waals surface area contributed by atoms with Crippen LogP contribution in [0.15, 0.2) is 28.7 Å². The van der Waals surface area contributed by atoms with Crippen molar-refractivity contribution in [1.82, 2.24) is 4.90 Å². The maximum atomic E-state index is 10.3. The lowest BCUT2D eigenvalue weighted by atomic mass is 9.82. The molecule has 3 heteroatoms. The fraction of sp³-hybridized carbons (Fsp3) is 0.647. The molecule has 0 aromatic heterocycles. The number of benzene rings is 1. The van der Waals surface area contributed by atoms with E-state index in [1.54, 1.807) is 0 Å². The average molecular weight is 340 g/mol. The van der Waals surface area contributed by atoms with Crippen LogP contribution in [0.25, 0.3) is 0 Å². The van der Waals surface area contributed by atoms with E-state index in [1.807, 2.05) is 24.3 Å². The lowest BCUT2D eigenvalue weighted by Gasteiger charge is -2.26. The number of likely N-dealkylation sites (tertiary alicyclic amines) is 1. The number of hydrogen-bond acceptors (Lipinski definition) is 2. The van der Waals surface area contributed by atoms with Crippen molar-refractivity contribution in [2.24, 2.45) is 5.41 Å². The van der Waals surface area contributed by atoms with Gasteiger partial charge in [0, 0.05) is 17.6 Å². The topological polar surface area (TPSA) is 23.5 Å². The van der Waals surface area contributed by atoms with E-state index in [1.165, 1.54) is 32.4 Å². The van der Waals surface area contributed by atoms with Gasteiger partial charge < -0.3 is 10.0 Å². The first-order valence-corrected chi connectivity index (χ1v) is 8.54. The van der Waals surface area contributed by atoms with E-state index >= 15 is 0 Å². The molecule has 1 aliphatic heterocycles. The van der Waals surface area contributed by atoms with E-state index in [2.05, 4.69) is 34.7 Å².